The van der Waals surface area contributed by atoms with Crippen LogP contribution in [0, 0.1) is 5.92 Å². The van der Waals surface area contributed by atoms with Gasteiger partial charge in [-0.05, 0) is 19.9 Å². The maximum atomic E-state index is 11.8. The fourth-order valence-corrected chi connectivity index (χ4v) is 1.85. The van der Waals surface area contributed by atoms with Crippen LogP contribution >= 0.6 is 0 Å². The number of carbonyl (C=O) groups is 1. The van der Waals surface area contributed by atoms with Gasteiger partial charge in [0, 0.05) is 12.6 Å². The van der Waals surface area contributed by atoms with Crippen LogP contribution in [0.3, 0.4) is 0 Å². The molecule has 0 aromatic rings. The number of allylic oxidation sites excluding steroid dienone is 1. The van der Waals surface area contributed by atoms with Crippen LogP contribution in [0.15, 0.2) is 12.2 Å². The number of hydrogen-bond donors (Lipinski definition) is 2. The Balaban J connectivity index is 2.29. The van der Waals surface area contributed by atoms with Gasteiger partial charge in [-0.15, -0.1) is 0 Å². The Kier molecular flexibility index (Phi) is 6.11. The summed E-state index contributed by atoms with van der Waals surface area (Å²) in [6.07, 6.45) is 4.93. The van der Waals surface area contributed by atoms with Crippen molar-refractivity contribution in [2.24, 2.45) is 5.92 Å². The van der Waals surface area contributed by atoms with Gasteiger partial charge in [0.2, 0.25) is 5.91 Å². The van der Waals surface area contributed by atoms with Crippen molar-refractivity contribution < 1.29 is 9.53 Å². The van der Waals surface area contributed by atoms with Gasteiger partial charge >= 0.3 is 0 Å². The van der Waals surface area contributed by atoms with Gasteiger partial charge in [0.1, 0.15) is 0 Å². The topological polar surface area (TPSA) is 50.4 Å². The first kappa shape index (κ1) is 13.2. The molecule has 0 radical (unpaired) electrons. The molecule has 1 rings (SSSR count). The van der Waals surface area contributed by atoms with Gasteiger partial charge in [0.05, 0.1) is 19.1 Å². The highest BCUT2D eigenvalue weighted by atomic mass is 16.5. The Hall–Kier alpha value is -0.870. The van der Waals surface area contributed by atoms with E-state index in [4.69, 9.17) is 4.74 Å². The summed E-state index contributed by atoms with van der Waals surface area (Å²) in [5.74, 6) is 0.0681. The van der Waals surface area contributed by atoms with Crippen molar-refractivity contribution >= 4 is 5.91 Å². The molecule has 1 fully saturated rings. The molecule has 0 bridgehead atoms. The molecule has 4 nitrogen and oxygen atoms in total. The molecular weight excluding hydrogens is 204 g/mol. The summed E-state index contributed by atoms with van der Waals surface area (Å²) in [7, 11) is 0. The summed E-state index contributed by atoms with van der Waals surface area (Å²) < 4.78 is 5.33. The van der Waals surface area contributed by atoms with Crippen molar-refractivity contribution in [3.05, 3.63) is 12.2 Å². The molecule has 0 aromatic heterocycles. The highest BCUT2D eigenvalue weighted by Gasteiger charge is 2.32. The minimum Gasteiger partial charge on any atom is -0.379 e. The number of carbonyl (C=O) groups excluding carboxylic acids is 1. The van der Waals surface area contributed by atoms with Crippen molar-refractivity contribution in [3.63, 3.8) is 0 Å². The lowest BCUT2D eigenvalue weighted by Crippen LogP contribution is -2.44. The number of likely N-dealkylation sites (N-methyl/N-ethyl adjacent to an activating group) is 1. The Morgan fingerprint density at radius 1 is 1.50 bits per heavy atom. The fourth-order valence-electron chi connectivity index (χ4n) is 1.85. The van der Waals surface area contributed by atoms with Crippen LogP contribution in [-0.4, -0.2) is 38.3 Å². The molecular formula is C12H22N2O2. The van der Waals surface area contributed by atoms with E-state index in [9.17, 15) is 4.79 Å². The zero-order valence-electron chi connectivity index (χ0n) is 10.2. The standard InChI is InChI=1S/C12H22N2O2/c1-3-5-6-7-14-12(15)10-8-16-9-11(10)13-4-2/h3,5,10-11,13H,4,6-9H2,1-2H3,(H,14,15)/b5-3+. The summed E-state index contributed by atoms with van der Waals surface area (Å²) in [5.41, 5.74) is 0. The minimum absolute atomic E-state index is 0.0365. The lowest BCUT2D eigenvalue weighted by molar-refractivity contribution is -0.125. The smallest absolute Gasteiger partial charge is 0.227 e. The quantitative estimate of drug-likeness (QED) is 0.517. The highest BCUT2D eigenvalue weighted by Crippen LogP contribution is 2.13. The maximum absolute atomic E-state index is 11.8. The molecule has 92 valence electrons. The number of amides is 1. The molecule has 2 N–H and O–H groups in total. The van der Waals surface area contributed by atoms with E-state index in [-0.39, 0.29) is 17.9 Å². The SMILES string of the molecule is C/C=C/CCNC(=O)C1COCC1NCC. The monoisotopic (exact) mass is 226 g/mol. The summed E-state index contributed by atoms with van der Waals surface area (Å²) >= 11 is 0. The third-order valence-corrected chi connectivity index (χ3v) is 2.73. The van der Waals surface area contributed by atoms with E-state index in [0.29, 0.717) is 19.8 Å². The molecule has 0 spiro atoms. The molecule has 1 heterocycles. The van der Waals surface area contributed by atoms with Crippen molar-refractivity contribution in [2.45, 2.75) is 26.3 Å². The second-order valence-electron chi connectivity index (χ2n) is 3.96. The maximum Gasteiger partial charge on any atom is 0.227 e. The van der Waals surface area contributed by atoms with E-state index in [0.717, 1.165) is 13.0 Å². The zero-order chi connectivity index (χ0) is 11.8. The third-order valence-electron chi connectivity index (χ3n) is 2.73. The molecule has 1 aliphatic rings. The molecule has 2 unspecified atom stereocenters. The first-order valence-electron chi connectivity index (χ1n) is 5.99. The number of nitrogens with one attached hydrogen (secondary N) is 2. The number of ether oxygens (including phenoxy) is 1. The summed E-state index contributed by atoms with van der Waals surface area (Å²) in [6, 6.07) is 0.173. The van der Waals surface area contributed by atoms with E-state index >= 15 is 0 Å². The summed E-state index contributed by atoms with van der Waals surface area (Å²) in [5, 5.41) is 6.21. The molecule has 0 aliphatic carbocycles. The lowest BCUT2D eigenvalue weighted by atomic mass is 10.0. The molecule has 1 amide bonds. The van der Waals surface area contributed by atoms with Crippen molar-refractivity contribution in [1.82, 2.24) is 10.6 Å². The third kappa shape index (κ3) is 3.94. The Morgan fingerprint density at radius 3 is 3.00 bits per heavy atom. The van der Waals surface area contributed by atoms with E-state index in [2.05, 4.69) is 10.6 Å². The van der Waals surface area contributed by atoms with Crippen molar-refractivity contribution in [1.29, 1.82) is 0 Å². The second-order valence-corrected chi connectivity index (χ2v) is 3.96. The predicted octanol–water partition coefficient (Wildman–Crippen LogP) is 0.693. The van der Waals surface area contributed by atoms with Crippen LogP contribution in [0.1, 0.15) is 20.3 Å². The predicted molar refractivity (Wildman–Crippen MR) is 64.2 cm³/mol. The number of hydrogen-bond acceptors (Lipinski definition) is 3. The average Bonchev–Trinajstić information content (AvgIpc) is 2.73. The molecule has 1 aliphatic heterocycles. The Labute approximate surface area is 97.4 Å². The fraction of sp³-hybridized carbons (Fsp3) is 0.750. The van der Waals surface area contributed by atoms with Crippen LogP contribution in [-0.2, 0) is 9.53 Å². The molecule has 4 heteroatoms. The number of rotatable bonds is 6. The van der Waals surface area contributed by atoms with Gasteiger partial charge in [-0.3, -0.25) is 4.79 Å². The van der Waals surface area contributed by atoms with Crippen LogP contribution in [0.4, 0.5) is 0 Å². The minimum atomic E-state index is -0.0365. The van der Waals surface area contributed by atoms with Crippen LogP contribution in [0.5, 0.6) is 0 Å². The van der Waals surface area contributed by atoms with Gasteiger partial charge in [-0.2, -0.15) is 0 Å². The summed E-state index contributed by atoms with van der Waals surface area (Å²) in [6.45, 7) is 6.77. The largest absolute Gasteiger partial charge is 0.379 e. The van der Waals surface area contributed by atoms with Crippen LogP contribution < -0.4 is 10.6 Å². The first-order valence-corrected chi connectivity index (χ1v) is 5.99. The van der Waals surface area contributed by atoms with E-state index in [1.165, 1.54) is 0 Å². The Bertz CT molecular complexity index is 241. The molecule has 0 saturated carbocycles. The van der Waals surface area contributed by atoms with E-state index in [1.54, 1.807) is 0 Å². The van der Waals surface area contributed by atoms with Gasteiger partial charge in [0.25, 0.3) is 0 Å². The molecule has 2 atom stereocenters. The zero-order valence-corrected chi connectivity index (χ0v) is 10.2. The van der Waals surface area contributed by atoms with E-state index < -0.39 is 0 Å². The molecule has 0 aromatic carbocycles. The lowest BCUT2D eigenvalue weighted by Gasteiger charge is -2.17. The Morgan fingerprint density at radius 2 is 2.31 bits per heavy atom. The molecule has 1 saturated heterocycles. The van der Waals surface area contributed by atoms with Gasteiger partial charge in [-0.25, -0.2) is 0 Å². The van der Waals surface area contributed by atoms with Gasteiger partial charge < -0.3 is 15.4 Å². The second kappa shape index (κ2) is 7.41. The van der Waals surface area contributed by atoms with Crippen molar-refractivity contribution in [3.8, 4) is 0 Å². The highest BCUT2D eigenvalue weighted by molar-refractivity contribution is 5.79. The molecule has 16 heavy (non-hydrogen) atoms. The van der Waals surface area contributed by atoms with Crippen LogP contribution in [0.2, 0.25) is 0 Å². The van der Waals surface area contributed by atoms with Crippen LogP contribution in [0.25, 0.3) is 0 Å². The first-order chi connectivity index (χ1) is 7.79. The van der Waals surface area contributed by atoms with Gasteiger partial charge in [-0.1, -0.05) is 19.1 Å². The normalized spacial score (nSPS) is 25.1. The van der Waals surface area contributed by atoms with Crippen molar-refractivity contribution in [2.75, 3.05) is 26.3 Å². The average molecular weight is 226 g/mol. The summed E-state index contributed by atoms with van der Waals surface area (Å²) in [4.78, 5) is 11.8. The van der Waals surface area contributed by atoms with E-state index in [1.807, 2.05) is 26.0 Å². The van der Waals surface area contributed by atoms with Gasteiger partial charge in [0.15, 0.2) is 0 Å².